The van der Waals surface area contributed by atoms with Crippen LogP contribution in [0.4, 0.5) is 5.82 Å². The highest BCUT2D eigenvalue weighted by Gasteiger charge is 2.25. The third-order valence-electron chi connectivity index (χ3n) is 7.30. The van der Waals surface area contributed by atoms with Gasteiger partial charge in [0.15, 0.2) is 5.65 Å². The Bertz CT molecular complexity index is 1410. The Balaban J connectivity index is 1.34. The zero-order valence-corrected chi connectivity index (χ0v) is 21.1. The van der Waals surface area contributed by atoms with Gasteiger partial charge in [-0.1, -0.05) is 31.4 Å². The second kappa shape index (κ2) is 10.2. The van der Waals surface area contributed by atoms with Crippen LogP contribution in [-0.4, -0.2) is 38.1 Å². The number of benzene rings is 1. The third-order valence-corrected chi connectivity index (χ3v) is 7.30. The number of anilines is 1. The number of aromatic nitrogens is 4. The Morgan fingerprint density at radius 1 is 1.08 bits per heavy atom. The van der Waals surface area contributed by atoms with Crippen molar-refractivity contribution in [2.75, 3.05) is 11.9 Å². The Morgan fingerprint density at radius 2 is 1.95 bits per heavy atom. The summed E-state index contributed by atoms with van der Waals surface area (Å²) in [4.78, 5) is 21.6. The Hall–Kier alpha value is -3.94. The molecule has 6 rings (SSSR count). The van der Waals surface area contributed by atoms with Gasteiger partial charge in [0.05, 0.1) is 12.4 Å². The molecule has 1 amide bonds. The zero-order chi connectivity index (χ0) is 25.2. The fourth-order valence-corrected chi connectivity index (χ4v) is 5.07. The monoisotopic (exact) mass is 496 g/mol. The van der Waals surface area contributed by atoms with Crippen molar-refractivity contribution in [1.82, 2.24) is 24.9 Å². The molecule has 0 aliphatic heterocycles. The largest absolute Gasteiger partial charge is 0.437 e. The summed E-state index contributed by atoms with van der Waals surface area (Å²) >= 11 is 0. The number of fused-ring (bicyclic) bond motifs is 1. The molecule has 8 heteroatoms. The Kier molecular flexibility index (Phi) is 6.47. The molecule has 2 fully saturated rings. The molecular weight excluding hydrogens is 464 g/mol. The van der Waals surface area contributed by atoms with Gasteiger partial charge in [0, 0.05) is 36.0 Å². The predicted octanol–water partition coefficient (Wildman–Crippen LogP) is 5.78. The lowest BCUT2D eigenvalue weighted by Gasteiger charge is -2.22. The second-order valence-corrected chi connectivity index (χ2v) is 10.2. The number of amides is 1. The number of pyridine rings is 1. The maximum Gasteiger partial charge on any atom is 0.251 e. The highest BCUT2D eigenvalue weighted by molar-refractivity contribution is 5.97. The predicted molar refractivity (Wildman–Crippen MR) is 143 cm³/mol. The van der Waals surface area contributed by atoms with Crippen LogP contribution in [0.3, 0.4) is 0 Å². The summed E-state index contributed by atoms with van der Waals surface area (Å²) in [5.41, 5.74) is 4.17. The summed E-state index contributed by atoms with van der Waals surface area (Å²) in [5.74, 6) is 2.60. The third kappa shape index (κ3) is 5.28. The number of carbonyl (C=O) groups is 1. The quantitative estimate of drug-likeness (QED) is 0.321. The van der Waals surface area contributed by atoms with E-state index in [0.717, 1.165) is 41.9 Å². The van der Waals surface area contributed by atoms with Crippen molar-refractivity contribution in [2.45, 2.75) is 57.9 Å². The van der Waals surface area contributed by atoms with Crippen LogP contribution in [0, 0.1) is 12.8 Å². The van der Waals surface area contributed by atoms with Crippen molar-refractivity contribution < 1.29 is 9.53 Å². The van der Waals surface area contributed by atoms with Gasteiger partial charge < -0.3 is 15.4 Å². The van der Waals surface area contributed by atoms with E-state index in [2.05, 4.69) is 20.7 Å². The van der Waals surface area contributed by atoms with Crippen LogP contribution in [0.2, 0.25) is 0 Å². The van der Waals surface area contributed by atoms with E-state index in [9.17, 15) is 4.79 Å². The maximum atomic E-state index is 12.6. The molecule has 4 aromatic rings. The second-order valence-electron chi connectivity index (χ2n) is 10.2. The average Bonchev–Trinajstić information content (AvgIpc) is 3.63. The number of ether oxygens (including phenoxy) is 1. The molecule has 37 heavy (non-hydrogen) atoms. The summed E-state index contributed by atoms with van der Waals surface area (Å²) < 4.78 is 7.93. The van der Waals surface area contributed by atoms with Gasteiger partial charge in [-0.05, 0) is 67.9 Å². The van der Waals surface area contributed by atoms with E-state index in [4.69, 9.17) is 9.72 Å². The van der Waals surface area contributed by atoms with Gasteiger partial charge in [-0.2, -0.15) is 14.6 Å². The number of rotatable bonds is 8. The van der Waals surface area contributed by atoms with Crippen molar-refractivity contribution in [3.8, 4) is 22.8 Å². The number of aryl methyl sites for hydroxylation is 1. The lowest BCUT2D eigenvalue weighted by molar-refractivity contribution is 0.0950. The smallest absolute Gasteiger partial charge is 0.251 e. The average molecular weight is 497 g/mol. The van der Waals surface area contributed by atoms with Gasteiger partial charge in [-0.3, -0.25) is 9.78 Å². The van der Waals surface area contributed by atoms with Crippen molar-refractivity contribution >= 4 is 17.4 Å². The van der Waals surface area contributed by atoms with Crippen LogP contribution < -0.4 is 15.4 Å². The molecule has 0 spiro atoms. The van der Waals surface area contributed by atoms with Crippen LogP contribution in [-0.2, 0) is 0 Å². The van der Waals surface area contributed by atoms with Crippen LogP contribution >= 0.6 is 0 Å². The van der Waals surface area contributed by atoms with E-state index in [0.29, 0.717) is 34.8 Å². The van der Waals surface area contributed by atoms with Crippen molar-refractivity contribution in [1.29, 1.82) is 0 Å². The molecule has 3 heterocycles. The van der Waals surface area contributed by atoms with Crippen LogP contribution in [0.25, 0.3) is 16.8 Å². The summed E-state index contributed by atoms with van der Waals surface area (Å²) in [7, 11) is 0. The number of hydrogen-bond acceptors (Lipinski definition) is 6. The SMILES string of the molecule is Cc1cc(-c2cnn3c(NCC4CCCCC4)cc(Oc4cccnc4)nc23)ccc1C(=O)NC1CC1. The van der Waals surface area contributed by atoms with Crippen molar-refractivity contribution in [3.63, 3.8) is 0 Å². The molecular formula is C29H32N6O2. The molecule has 8 nitrogen and oxygen atoms in total. The minimum absolute atomic E-state index is 0.00843. The van der Waals surface area contributed by atoms with E-state index >= 15 is 0 Å². The summed E-state index contributed by atoms with van der Waals surface area (Å²) in [6.07, 6.45) is 13.8. The molecule has 2 aliphatic carbocycles. The molecule has 2 aliphatic rings. The molecule has 0 unspecified atom stereocenters. The first-order valence-electron chi connectivity index (χ1n) is 13.3. The van der Waals surface area contributed by atoms with Gasteiger partial charge in [-0.25, -0.2) is 0 Å². The zero-order valence-electron chi connectivity index (χ0n) is 21.1. The van der Waals surface area contributed by atoms with Gasteiger partial charge >= 0.3 is 0 Å². The summed E-state index contributed by atoms with van der Waals surface area (Å²) in [6, 6.07) is 11.8. The van der Waals surface area contributed by atoms with Crippen LogP contribution in [0.1, 0.15) is 60.9 Å². The van der Waals surface area contributed by atoms with E-state index < -0.39 is 0 Å². The molecule has 3 aromatic heterocycles. The number of nitrogens with zero attached hydrogens (tertiary/aromatic N) is 4. The van der Waals surface area contributed by atoms with Gasteiger partial charge in [0.25, 0.3) is 5.91 Å². The fraction of sp³-hybridized carbons (Fsp3) is 0.379. The maximum absolute atomic E-state index is 12.6. The van der Waals surface area contributed by atoms with Crippen molar-refractivity contribution in [2.24, 2.45) is 5.92 Å². The summed E-state index contributed by atoms with van der Waals surface area (Å²) in [6.45, 7) is 2.86. The van der Waals surface area contributed by atoms with Crippen LogP contribution in [0.5, 0.6) is 11.6 Å². The minimum atomic E-state index is -0.00843. The normalized spacial score (nSPS) is 16.0. The minimum Gasteiger partial charge on any atom is -0.437 e. The molecule has 2 saturated carbocycles. The highest BCUT2D eigenvalue weighted by atomic mass is 16.5. The first-order valence-corrected chi connectivity index (χ1v) is 13.3. The fourth-order valence-electron chi connectivity index (χ4n) is 5.07. The Morgan fingerprint density at radius 3 is 2.70 bits per heavy atom. The van der Waals surface area contributed by atoms with Gasteiger partial charge in [0.2, 0.25) is 5.88 Å². The first-order chi connectivity index (χ1) is 18.1. The lowest BCUT2D eigenvalue weighted by atomic mass is 9.89. The molecule has 0 radical (unpaired) electrons. The van der Waals surface area contributed by atoms with Gasteiger partial charge in [0.1, 0.15) is 11.6 Å². The highest BCUT2D eigenvalue weighted by Crippen LogP contribution is 2.31. The number of nitrogens with one attached hydrogen (secondary N) is 2. The van der Waals surface area contributed by atoms with E-state index in [1.807, 2.05) is 54.0 Å². The first kappa shape index (κ1) is 23.5. The number of hydrogen-bond donors (Lipinski definition) is 2. The van der Waals surface area contributed by atoms with E-state index in [-0.39, 0.29) is 5.91 Å². The molecule has 0 bridgehead atoms. The Labute approximate surface area is 216 Å². The van der Waals surface area contributed by atoms with E-state index in [1.165, 1.54) is 32.1 Å². The lowest BCUT2D eigenvalue weighted by Crippen LogP contribution is -2.26. The summed E-state index contributed by atoms with van der Waals surface area (Å²) in [5, 5.41) is 11.4. The van der Waals surface area contributed by atoms with Crippen LogP contribution in [0.15, 0.2) is 55.0 Å². The molecule has 190 valence electrons. The standard InChI is InChI=1S/C29H32N6O2/c1-19-14-21(9-12-24(19)29(36)33-22-10-11-22)25-18-32-35-26(31-16-20-6-3-2-4-7-20)15-27(34-28(25)35)37-23-8-5-13-30-17-23/h5,8-9,12-15,17-18,20,22,31H,2-4,6-7,10-11,16H2,1H3,(H,33,36). The van der Waals surface area contributed by atoms with E-state index in [1.54, 1.807) is 12.4 Å². The number of carbonyl (C=O) groups excluding carboxylic acids is 1. The van der Waals surface area contributed by atoms with Crippen molar-refractivity contribution in [3.05, 3.63) is 66.1 Å². The molecule has 1 aromatic carbocycles. The molecule has 0 atom stereocenters. The van der Waals surface area contributed by atoms with Gasteiger partial charge in [-0.15, -0.1) is 0 Å². The molecule has 2 N–H and O–H groups in total. The molecule has 0 saturated heterocycles. The topological polar surface area (TPSA) is 93.4 Å².